The Morgan fingerprint density at radius 2 is 0.941 bits per heavy atom. The van der Waals surface area contributed by atoms with E-state index in [1.807, 2.05) is 101 Å². The molecule has 0 spiro atoms. The summed E-state index contributed by atoms with van der Waals surface area (Å²) in [5.74, 6) is 0. The van der Waals surface area contributed by atoms with Crippen molar-refractivity contribution in [3.8, 4) is 22.5 Å². The Morgan fingerprint density at radius 1 is 0.559 bits per heavy atom. The number of carbonyl (C=O) groups is 1. The van der Waals surface area contributed by atoms with E-state index in [9.17, 15) is 0 Å². The quantitative estimate of drug-likeness (QED) is 0.261. The largest absolute Gasteiger partial charge is 0.307 e. The van der Waals surface area contributed by atoms with Crippen LogP contribution < -0.4 is 0 Å². The monoisotopic (exact) mass is 486 g/mol. The fourth-order valence-corrected chi connectivity index (χ4v) is 3.88. The highest BCUT2D eigenvalue weighted by Gasteiger charge is 2.06. The Bertz CT molecular complexity index is 1400. The van der Waals surface area contributed by atoms with Crippen LogP contribution in [-0.4, -0.2) is 25.6 Å². The van der Waals surface area contributed by atoms with E-state index >= 15 is 0 Å². The first-order chi connectivity index (χ1) is 16.7. The highest BCUT2D eigenvalue weighted by atomic mass is 35.5. The third-order valence-electron chi connectivity index (χ3n) is 5.08. The molecule has 5 nitrogen and oxygen atoms in total. The lowest BCUT2D eigenvalue weighted by atomic mass is 10.2. The number of halogens is 2. The average molecular weight is 487 g/mol. The van der Waals surface area contributed by atoms with Crippen molar-refractivity contribution in [1.29, 1.82) is 0 Å². The molecule has 0 atom stereocenters. The van der Waals surface area contributed by atoms with Gasteiger partial charge >= 0.3 is 0 Å². The molecule has 2 aromatic carbocycles. The molecule has 0 saturated carbocycles. The minimum atomic E-state index is 0.711. The van der Waals surface area contributed by atoms with E-state index in [2.05, 4.69) is 34.2 Å². The van der Waals surface area contributed by atoms with Gasteiger partial charge in [-0.15, -0.1) is 0 Å². The Morgan fingerprint density at radius 3 is 1.32 bits per heavy atom. The summed E-state index contributed by atoms with van der Waals surface area (Å²) in [6, 6.07) is 27.8. The van der Waals surface area contributed by atoms with Gasteiger partial charge in [-0.1, -0.05) is 83.9 Å². The Labute approximate surface area is 206 Å². The Kier molecular flexibility index (Phi) is 7.38. The number of aromatic nitrogens is 4. The zero-order valence-corrected chi connectivity index (χ0v) is 19.6. The first kappa shape index (κ1) is 23.2. The Balaban J connectivity index is 0.000000150. The molecule has 0 aliphatic carbocycles. The minimum absolute atomic E-state index is 0.711. The maximum absolute atomic E-state index is 8.00. The molecule has 0 aliphatic rings. The van der Waals surface area contributed by atoms with E-state index in [-0.39, 0.29) is 0 Å². The summed E-state index contributed by atoms with van der Waals surface area (Å²) >= 11 is 12.0. The number of benzene rings is 2. The molecule has 4 heterocycles. The lowest BCUT2D eigenvalue weighted by Crippen LogP contribution is -1.87. The smallest absolute Gasteiger partial charge is 0.137 e. The normalized spacial score (nSPS) is 10.3. The van der Waals surface area contributed by atoms with Gasteiger partial charge in [0, 0.05) is 23.5 Å². The average Bonchev–Trinajstić information content (AvgIpc) is 3.50. The number of imidazole rings is 2. The first-order valence-corrected chi connectivity index (χ1v) is 11.1. The van der Waals surface area contributed by atoms with Gasteiger partial charge in [-0.2, -0.15) is 0 Å². The summed E-state index contributed by atoms with van der Waals surface area (Å²) in [6.07, 6.45) is 7.49. The third-order valence-corrected chi connectivity index (χ3v) is 5.53. The second-order valence-electron chi connectivity index (χ2n) is 7.17. The molecule has 168 valence electrons. The number of fused-ring (bicyclic) bond motifs is 2. The van der Waals surface area contributed by atoms with Crippen LogP contribution in [0.5, 0.6) is 0 Å². The summed E-state index contributed by atoms with van der Waals surface area (Å²) in [6.45, 7) is 2.00. The molecule has 7 heteroatoms. The van der Waals surface area contributed by atoms with Gasteiger partial charge in [0.1, 0.15) is 18.1 Å². The van der Waals surface area contributed by atoms with E-state index in [1.165, 1.54) is 0 Å². The van der Waals surface area contributed by atoms with Gasteiger partial charge in [-0.25, -0.2) is 9.97 Å². The summed E-state index contributed by atoms with van der Waals surface area (Å²) < 4.78 is 4.00. The van der Waals surface area contributed by atoms with Crippen molar-refractivity contribution < 1.29 is 4.79 Å². The SMILES string of the molecule is C=O.Clc1ccc2ncc(-c3ccccc3)n2c1.Clc1ccc2ncc(-c3ccccc3)n2c1. The van der Waals surface area contributed by atoms with Crippen LogP contribution in [0.4, 0.5) is 0 Å². The van der Waals surface area contributed by atoms with Crippen LogP contribution in [0.25, 0.3) is 33.8 Å². The van der Waals surface area contributed by atoms with Gasteiger partial charge in [0.25, 0.3) is 0 Å². The van der Waals surface area contributed by atoms with Crippen LogP contribution in [0.2, 0.25) is 10.0 Å². The Hall–Kier alpha value is -3.93. The predicted octanol–water partition coefficient (Wildman–Crippen LogP) is 7.12. The molecule has 0 bridgehead atoms. The first-order valence-electron chi connectivity index (χ1n) is 10.3. The van der Waals surface area contributed by atoms with Gasteiger partial charge in [-0.05, 0) is 24.3 Å². The summed E-state index contributed by atoms with van der Waals surface area (Å²) in [5, 5.41) is 1.42. The molecule has 0 amide bonds. The molecule has 4 aromatic heterocycles. The van der Waals surface area contributed by atoms with E-state index in [0.717, 1.165) is 33.8 Å². The number of nitrogens with zero attached hydrogens (tertiary/aromatic N) is 4. The van der Waals surface area contributed by atoms with Crippen molar-refractivity contribution in [2.45, 2.75) is 0 Å². The predicted molar refractivity (Wildman–Crippen MR) is 138 cm³/mol. The highest BCUT2D eigenvalue weighted by Crippen LogP contribution is 2.23. The van der Waals surface area contributed by atoms with Gasteiger partial charge in [0.15, 0.2) is 0 Å². The zero-order chi connectivity index (χ0) is 23.9. The number of pyridine rings is 2. The molecule has 6 rings (SSSR count). The summed E-state index contributed by atoms with van der Waals surface area (Å²) in [5.41, 5.74) is 6.19. The second-order valence-corrected chi connectivity index (χ2v) is 8.04. The molecule has 0 N–H and O–H groups in total. The van der Waals surface area contributed by atoms with Crippen LogP contribution in [0, 0.1) is 0 Å². The van der Waals surface area contributed by atoms with Crippen LogP contribution in [0.1, 0.15) is 0 Å². The molecule has 0 fully saturated rings. The van der Waals surface area contributed by atoms with Crippen LogP contribution in [0.15, 0.2) is 110 Å². The standard InChI is InChI=1S/2C13H9ClN2.CH2O/c2*14-11-6-7-13-15-8-12(16(13)9-11)10-4-2-1-3-5-10;1-2/h2*1-9H;1H2. The van der Waals surface area contributed by atoms with Gasteiger partial charge in [0.05, 0.1) is 33.8 Å². The number of hydrogen-bond acceptors (Lipinski definition) is 3. The molecule has 0 unspecified atom stereocenters. The molecule has 6 aromatic rings. The molecule has 34 heavy (non-hydrogen) atoms. The van der Waals surface area contributed by atoms with Crippen molar-refractivity contribution in [2.75, 3.05) is 0 Å². The van der Waals surface area contributed by atoms with E-state index in [1.54, 1.807) is 0 Å². The van der Waals surface area contributed by atoms with Crippen molar-refractivity contribution in [1.82, 2.24) is 18.8 Å². The van der Waals surface area contributed by atoms with Crippen molar-refractivity contribution >= 4 is 41.3 Å². The summed E-state index contributed by atoms with van der Waals surface area (Å²) in [7, 11) is 0. The summed E-state index contributed by atoms with van der Waals surface area (Å²) in [4.78, 5) is 16.7. The second kappa shape index (κ2) is 10.8. The highest BCUT2D eigenvalue weighted by molar-refractivity contribution is 6.30. The maximum Gasteiger partial charge on any atom is 0.137 e. The number of carbonyl (C=O) groups excluding carboxylic acids is 1. The lowest BCUT2D eigenvalue weighted by molar-refractivity contribution is -0.0979. The van der Waals surface area contributed by atoms with Gasteiger partial charge in [-0.3, -0.25) is 8.80 Å². The lowest BCUT2D eigenvalue weighted by Gasteiger charge is -2.01. The maximum atomic E-state index is 8.00. The molecule has 0 aliphatic heterocycles. The number of rotatable bonds is 2. The topological polar surface area (TPSA) is 51.7 Å². The van der Waals surface area contributed by atoms with Crippen molar-refractivity contribution in [3.63, 3.8) is 0 Å². The molecule has 0 radical (unpaired) electrons. The van der Waals surface area contributed by atoms with Crippen molar-refractivity contribution in [3.05, 3.63) is 120 Å². The molecular formula is C27H20Cl2N4O. The van der Waals surface area contributed by atoms with E-state index in [4.69, 9.17) is 28.0 Å². The third kappa shape index (κ3) is 5.01. The van der Waals surface area contributed by atoms with Crippen molar-refractivity contribution in [2.24, 2.45) is 0 Å². The van der Waals surface area contributed by atoms with E-state index < -0.39 is 0 Å². The van der Waals surface area contributed by atoms with Crippen LogP contribution in [-0.2, 0) is 4.79 Å². The fourth-order valence-electron chi connectivity index (χ4n) is 3.55. The van der Waals surface area contributed by atoms with Crippen LogP contribution in [0.3, 0.4) is 0 Å². The van der Waals surface area contributed by atoms with Gasteiger partial charge in [0.2, 0.25) is 0 Å². The molecule has 0 saturated heterocycles. The number of hydrogen-bond donors (Lipinski definition) is 0. The van der Waals surface area contributed by atoms with E-state index in [0.29, 0.717) is 10.0 Å². The minimum Gasteiger partial charge on any atom is -0.307 e. The molecular weight excluding hydrogens is 467 g/mol. The fraction of sp³-hybridized carbons (Fsp3) is 0. The van der Waals surface area contributed by atoms with Crippen LogP contribution >= 0.6 is 23.2 Å². The zero-order valence-electron chi connectivity index (χ0n) is 18.1. The van der Waals surface area contributed by atoms with Gasteiger partial charge < -0.3 is 4.79 Å².